The van der Waals surface area contributed by atoms with Gasteiger partial charge in [0.05, 0.1) is 33.8 Å². The van der Waals surface area contributed by atoms with Gasteiger partial charge < -0.3 is 23.5 Å². The van der Waals surface area contributed by atoms with Crippen LogP contribution in [0.15, 0.2) is 41.3 Å². The fourth-order valence-electron chi connectivity index (χ4n) is 4.11. The minimum atomic E-state index is -0.0248. The molecule has 156 valence electrons. The van der Waals surface area contributed by atoms with Crippen molar-refractivity contribution < 1.29 is 18.9 Å². The van der Waals surface area contributed by atoms with E-state index in [1.54, 1.807) is 33.0 Å². The number of nitrogens with zero attached hydrogens (tertiary/aromatic N) is 1. The van der Waals surface area contributed by atoms with E-state index in [1.807, 2.05) is 36.5 Å². The number of benzene rings is 3. The summed E-state index contributed by atoms with van der Waals surface area (Å²) in [6.07, 6.45) is 2.73. The average molecular weight is 407 g/mol. The molecule has 6 nitrogen and oxygen atoms in total. The Morgan fingerprint density at radius 3 is 1.60 bits per heavy atom. The van der Waals surface area contributed by atoms with E-state index in [1.165, 1.54) is 0 Å². The number of hydrogen-bond donors (Lipinski definition) is 0. The fraction of sp³-hybridized carbons (Fsp3) is 0.292. The van der Waals surface area contributed by atoms with Crippen molar-refractivity contribution in [2.75, 3.05) is 28.4 Å². The third kappa shape index (κ3) is 2.91. The van der Waals surface area contributed by atoms with Crippen molar-refractivity contribution in [3.63, 3.8) is 0 Å². The number of pyridine rings is 1. The van der Waals surface area contributed by atoms with Crippen LogP contribution < -0.4 is 24.5 Å². The van der Waals surface area contributed by atoms with Gasteiger partial charge in [-0.1, -0.05) is 6.92 Å². The van der Waals surface area contributed by atoms with Crippen LogP contribution in [0.1, 0.15) is 13.3 Å². The average Bonchev–Trinajstić information content (AvgIpc) is 2.78. The Labute approximate surface area is 174 Å². The maximum Gasteiger partial charge on any atom is 0.259 e. The van der Waals surface area contributed by atoms with Gasteiger partial charge in [-0.2, -0.15) is 0 Å². The molecule has 4 rings (SSSR count). The van der Waals surface area contributed by atoms with Crippen LogP contribution in [0.25, 0.3) is 32.3 Å². The first-order chi connectivity index (χ1) is 14.6. The zero-order chi connectivity index (χ0) is 21.4. The minimum Gasteiger partial charge on any atom is -0.493 e. The van der Waals surface area contributed by atoms with Crippen LogP contribution in [0.5, 0.6) is 23.0 Å². The van der Waals surface area contributed by atoms with Crippen molar-refractivity contribution >= 4 is 32.3 Å². The Hall–Kier alpha value is -3.41. The molecule has 0 spiro atoms. The molecule has 0 amide bonds. The molecule has 0 N–H and O–H groups in total. The first kappa shape index (κ1) is 19.9. The highest BCUT2D eigenvalue weighted by atomic mass is 16.5. The number of ether oxygens (including phenoxy) is 4. The van der Waals surface area contributed by atoms with Crippen molar-refractivity contribution in [2.45, 2.75) is 19.9 Å². The molecular formula is C24H25NO5. The number of methoxy groups -OCH3 is 4. The van der Waals surface area contributed by atoms with Gasteiger partial charge in [-0.3, -0.25) is 4.79 Å². The van der Waals surface area contributed by atoms with Gasteiger partial charge in [-0.25, -0.2) is 0 Å². The quantitative estimate of drug-likeness (QED) is 0.432. The summed E-state index contributed by atoms with van der Waals surface area (Å²) in [5, 5.41) is 5.09. The van der Waals surface area contributed by atoms with E-state index in [-0.39, 0.29) is 5.56 Å². The Balaban J connectivity index is 2.30. The van der Waals surface area contributed by atoms with Gasteiger partial charge >= 0.3 is 0 Å². The molecule has 0 bridgehead atoms. The Bertz CT molecular complexity index is 1320. The second kappa shape index (κ2) is 7.78. The number of aryl methyl sites for hydroxylation is 1. The summed E-state index contributed by atoms with van der Waals surface area (Å²) >= 11 is 0. The van der Waals surface area contributed by atoms with Gasteiger partial charge in [0.1, 0.15) is 0 Å². The van der Waals surface area contributed by atoms with Gasteiger partial charge in [0.2, 0.25) is 0 Å². The standard InChI is InChI=1S/C24H25NO5/c1-6-8-25-9-7-14-15-10-19(27-2)20(28-3)11-16(15)17-12-21(29-4)22(30-5)13-18(17)23(14)24(25)26/h7,9-13H,6,8H2,1-5H3. The molecule has 0 aliphatic heterocycles. The van der Waals surface area contributed by atoms with Gasteiger partial charge in [0.15, 0.2) is 23.0 Å². The first-order valence-corrected chi connectivity index (χ1v) is 9.84. The molecule has 3 aromatic carbocycles. The van der Waals surface area contributed by atoms with E-state index >= 15 is 0 Å². The van der Waals surface area contributed by atoms with Crippen molar-refractivity contribution in [2.24, 2.45) is 0 Å². The summed E-state index contributed by atoms with van der Waals surface area (Å²) in [7, 11) is 6.41. The molecule has 0 saturated carbocycles. The van der Waals surface area contributed by atoms with Gasteiger partial charge in [0.25, 0.3) is 5.56 Å². The summed E-state index contributed by atoms with van der Waals surface area (Å²) in [5.41, 5.74) is -0.0248. The highest BCUT2D eigenvalue weighted by Crippen LogP contribution is 2.43. The van der Waals surface area contributed by atoms with Crippen molar-refractivity contribution in [3.05, 3.63) is 46.9 Å². The molecule has 30 heavy (non-hydrogen) atoms. The monoisotopic (exact) mass is 407 g/mol. The van der Waals surface area contributed by atoms with Crippen LogP contribution >= 0.6 is 0 Å². The van der Waals surface area contributed by atoms with E-state index in [9.17, 15) is 4.79 Å². The number of fused-ring (bicyclic) bond motifs is 6. The first-order valence-electron chi connectivity index (χ1n) is 9.84. The summed E-state index contributed by atoms with van der Waals surface area (Å²) in [6, 6.07) is 9.66. The van der Waals surface area contributed by atoms with Crippen molar-refractivity contribution in [1.82, 2.24) is 4.57 Å². The third-order valence-electron chi connectivity index (χ3n) is 5.53. The SMILES string of the molecule is CCCn1ccc2c3cc(OC)c(OC)cc3c3cc(OC)c(OC)cc3c2c1=O. The van der Waals surface area contributed by atoms with Gasteiger partial charge in [-0.15, -0.1) is 0 Å². The molecule has 0 atom stereocenters. The van der Waals surface area contributed by atoms with Crippen LogP contribution in [0.2, 0.25) is 0 Å². The summed E-state index contributed by atoms with van der Waals surface area (Å²) < 4.78 is 23.9. The molecule has 0 aliphatic rings. The van der Waals surface area contributed by atoms with E-state index < -0.39 is 0 Å². The Morgan fingerprint density at radius 1 is 0.700 bits per heavy atom. The predicted octanol–water partition coefficient (Wildman–Crippen LogP) is 4.75. The van der Waals surface area contributed by atoms with E-state index in [0.717, 1.165) is 33.4 Å². The van der Waals surface area contributed by atoms with Gasteiger partial charge in [0, 0.05) is 12.7 Å². The van der Waals surface area contributed by atoms with Crippen LogP contribution in [0.3, 0.4) is 0 Å². The van der Waals surface area contributed by atoms with Crippen LogP contribution in [0, 0.1) is 0 Å². The maximum atomic E-state index is 13.4. The van der Waals surface area contributed by atoms with E-state index in [0.29, 0.717) is 34.9 Å². The van der Waals surface area contributed by atoms with E-state index in [2.05, 4.69) is 6.92 Å². The Morgan fingerprint density at radius 2 is 1.13 bits per heavy atom. The highest BCUT2D eigenvalue weighted by Gasteiger charge is 2.18. The molecular weight excluding hydrogens is 382 g/mol. The zero-order valence-electron chi connectivity index (χ0n) is 17.9. The minimum absolute atomic E-state index is 0.0248. The second-order valence-electron chi connectivity index (χ2n) is 7.11. The zero-order valence-corrected chi connectivity index (χ0v) is 17.9. The molecule has 6 heteroatoms. The lowest BCUT2D eigenvalue weighted by atomic mass is 9.94. The smallest absolute Gasteiger partial charge is 0.259 e. The maximum absolute atomic E-state index is 13.4. The number of rotatable bonds is 6. The topological polar surface area (TPSA) is 58.9 Å². The van der Waals surface area contributed by atoms with Crippen LogP contribution in [0.4, 0.5) is 0 Å². The lowest BCUT2D eigenvalue weighted by molar-refractivity contribution is 0.355. The third-order valence-corrected chi connectivity index (χ3v) is 5.53. The lowest BCUT2D eigenvalue weighted by Gasteiger charge is -2.17. The Kier molecular flexibility index (Phi) is 5.16. The summed E-state index contributed by atoms with van der Waals surface area (Å²) in [4.78, 5) is 13.4. The molecule has 0 aliphatic carbocycles. The predicted molar refractivity (Wildman–Crippen MR) is 120 cm³/mol. The van der Waals surface area contributed by atoms with Gasteiger partial charge in [-0.05, 0) is 63.7 Å². The molecule has 1 heterocycles. The normalized spacial score (nSPS) is 11.2. The number of aromatic nitrogens is 1. The fourth-order valence-corrected chi connectivity index (χ4v) is 4.11. The molecule has 4 aromatic rings. The highest BCUT2D eigenvalue weighted by molar-refractivity contribution is 6.26. The summed E-state index contributed by atoms with van der Waals surface area (Å²) in [6.45, 7) is 2.72. The van der Waals surface area contributed by atoms with E-state index in [4.69, 9.17) is 18.9 Å². The molecule has 1 aromatic heterocycles. The van der Waals surface area contributed by atoms with Crippen molar-refractivity contribution in [3.8, 4) is 23.0 Å². The molecule has 0 unspecified atom stereocenters. The summed E-state index contributed by atoms with van der Waals surface area (Å²) in [5.74, 6) is 2.42. The lowest BCUT2D eigenvalue weighted by Crippen LogP contribution is -2.19. The second-order valence-corrected chi connectivity index (χ2v) is 7.11. The molecule has 0 saturated heterocycles. The van der Waals surface area contributed by atoms with Crippen LogP contribution in [-0.4, -0.2) is 33.0 Å². The molecule has 0 fully saturated rings. The van der Waals surface area contributed by atoms with Crippen LogP contribution in [-0.2, 0) is 6.54 Å². The van der Waals surface area contributed by atoms with Crippen molar-refractivity contribution in [1.29, 1.82) is 0 Å². The number of hydrogen-bond acceptors (Lipinski definition) is 5. The molecule has 0 radical (unpaired) electrons. The largest absolute Gasteiger partial charge is 0.493 e.